The highest BCUT2D eigenvalue weighted by molar-refractivity contribution is 8.02. The van der Waals surface area contributed by atoms with E-state index in [0.29, 0.717) is 16.7 Å². The minimum absolute atomic E-state index is 0.492. The molecule has 0 spiro atoms. The molecule has 0 radical (unpaired) electrons. The Morgan fingerprint density at radius 2 is 1.68 bits per heavy atom. The Morgan fingerprint density at radius 3 is 2.11 bits per heavy atom. The van der Waals surface area contributed by atoms with Crippen molar-refractivity contribution in [2.45, 2.75) is 43.2 Å². The van der Waals surface area contributed by atoms with Gasteiger partial charge in [0.15, 0.2) is 5.78 Å². The quantitative estimate of drug-likeness (QED) is 0.483. The SMILES string of the molecule is CC(=O)C(F)(Sc1ccccc1)C(=O)OC(C)(C)C. The van der Waals surface area contributed by atoms with Crippen LogP contribution in [0.3, 0.4) is 0 Å². The van der Waals surface area contributed by atoms with Crippen LogP contribution in [0.15, 0.2) is 35.2 Å². The van der Waals surface area contributed by atoms with E-state index in [4.69, 9.17) is 4.74 Å². The van der Waals surface area contributed by atoms with Crippen molar-refractivity contribution in [2.75, 3.05) is 0 Å². The monoisotopic (exact) mass is 284 g/mol. The molecule has 1 atom stereocenters. The molecule has 0 aromatic heterocycles. The van der Waals surface area contributed by atoms with Gasteiger partial charge in [-0.1, -0.05) is 30.0 Å². The van der Waals surface area contributed by atoms with Gasteiger partial charge in [0.05, 0.1) is 0 Å². The molecule has 3 nitrogen and oxygen atoms in total. The minimum Gasteiger partial charge on any atom is -0.457 e. The first-order valence-corrected chi connectivity index (χ1v) is 6.64. The molecule has 0 saturated carbocycles. The van der Waals surface area contributed by atoms with Crippen LogP contribution in [-0.2, 0) is 14.3 Å². The van der Waals surface area contributed by atoms with Gasteiger partial charge in [-0.15, -0.1) is 0 Å². The third-order valence-electron chi connectivity index (χ3n) is 2.12. The van der Waals surface area contributed by atoms with E-state index in [2.05, 4.69) is 0 Å². The Bertz CT molecular complexity index is 467. The van der Waals surface area contributed by atoms with Crippen molar-refractivity contribution in [1.29, 1.82) is 0 Å². The highest BCUT2D eigenvalue weighted by Gasteiger charge is 2.48. The minimum atomic E-state index is -2.71. The zero-order valence-corrected chi connectivity index (χ0v) is 12.2. The van der Waals surface area contributed by atoms with Crippen molar-refractivity contribution in [2.24, 2.45) is 0 Å². The maximum absolute atomic E-state index is 14.7. The van der Waals surface area contributed by atoms with Gasteiger partial charge in [0.2, 0.25) is 0 Å². The molecule has 1 aromatic rings. The molecule has 1 unspecified atom stereocenters. The number of esters is 1. The molecule has 5 heteroatoms. The van der Waals surface area contributed by atoms with Crippen molar-refractivity contribution < 1.29 is 18.7 Å². The number of hydrogen-bond acceptors (Lipinski definition) is 4. The maximum Gasteiger partial charge on any atom is 0.363 e. The van der Waals surface area contributed by atoms with Crippen molar-refractivity contribution >= 4 is 23.5 Å². The summed E-state index contributed by atoms with van der Waals surface area (Å²) in [5.74, 6) is -2.04. The molecule has 19 heavy (non-hydrogen) atoms. The normalized spacial score (nSPS) is 14.6. The Balaban J connectivity index is 2.98. The summed E-state index contributed by atoms with van der Waals surface area (Å²) in [5.41, 5.74) is -0.846. The maximum atomic E-state index is 14.7. The number of ether oxygens (including phenoxy) is 1. The number of carbonyl (C=O) groups is 2. The number of ketones is 1. The molecule has 0 heterocycles. The van der Waals surface area contributed by atoms with E-state index in [1.807, 2.05) is 0 Å². The first-order chi connectivity index (χ1) is 8.65. The number of alkyl halides is 1. The number of carbonyl (C=O) groups excluding carboxylic acids is 2. The third-order valence-corrected chi connectivity index (χ3v) is 3.36. The fourth-order valence-electron chi connectivity index (χ4n) is 1.25. The molecule has 0 aliphatic heterocycles. The number of thioether (sulfide) groups is 1. The number of benzene rings is 1. The molecular weight excluding hydrogens is 267 g/mol. The van der Waals surface area contributed by atoms with Gasteiger partial charge in [-0.3, -0.25) is 4.79 Å². The van der Waals surface area contributed by atoms with Crippen LogP contribution in [-0.4, -0.2) is 22.4 Å². The standard InChI is InChI=1S/C14H17FO3S/c1-10(16)14(15,12(17)18-13(2,3)4)19-11-8-6-5-7-9-11/h5-9H,1-4H3. The predicted octanol–water partition coefficient (Wildman–Crippen LogP) is 3.38. The number of halogens is 1. The summed E-state index contributed by atoms with van der Waals surface area (Å²) in [6.07, 6.45) is 0. The molecule has 1 aromatic carbocycles. The smallest absolute Gasteiger partial charge is 0.363 e. The van der Waals surface area contributed by atoms with E-state index in [9.17, 15) is 14.0 Å². The summed E-state index contributed by atoms with van der Waals surface area (Å²) in [6.45, 7) is 5.91. The Hall–Kier alpha value is -1.36. The summed E-state index contributed by atoms with van der Waals surface area (Å²) >= 11 is 0.557. The van der Waals surface area contributed by atoms with Crippen molar-refractivity contribution in [3.05, 3.63) is 30.3 Å². The van der Waals surface area contributed by atoms with E-state index >= 15 is 0 Å². The van der Waals surface area contributed by atoms with E-state index < -0.39 is 22.4 Å². The van der Waals surface area contributed by atoms with Crippen LogP contribution in [0.25, 0.3) is 0 Å². The lowest BCUT2D eigenvalue weighted by Gasteiger charge is -2.26. The molecule has 0 aliphatic carbocycles. The van der Waals surface area contributed by atoms with Crippen LogP contribution in [0.4, 0.5) is 4.39 Å². The van der Waals surface area contributed by atoms with Crippen LogP contribution in [0, 0.1) is 0 Å². The van der Waals surface area contributed by atoms with E-state index in [-0.39, 0.29) is 0 Å². The summed E-state index contributed by atoms with van der Waals surface area (Å²) in [5, 5.41) is -2.71. The number of hydrogen-bond donors (Lipinski definition) is 0. The van der Waals surface area contributed by atoms with Crippen molar-refractivity contribution in [3.63, 3.8) is 0 Å². The zero-order valence-electron chi connectivity index (χ0n) is 11.4. The van der Waals surface area contributed by atoms with Gasteiger partial charge in [-0.25, -0.2) is 9.18 Å². The van der Waals surface area contributed by atoms with Gasteiger partial charge >= 0.3 is 11.0 Å². The fourth-order valence-corrected chi connectivity index (χ4v) is 2.14. The van der Waals surface area contributed by atoms with Crippen LogP contribution in [0.5, 0.6) is 0 Å². The van der Waals surface area contributed by atoms with Gasteiger partial charge in [0.25, 0.3) is 0 Å². The van der Waals surface area contributed by atoms with Gasteiger partial charge in [-0.2, -0.15) is 0 Å². The Labute approximate surface area is 116 Å². The largest absolute Gasteiger partial charge is 0.457 e. The molecule has 104 valence electrons. The molecular formula is C14H17FO3S. The average molecular weight is 284 g/mol. The predicted molar refractivity (Wildman–Crippen MR) is 72.7 cm³/mol. The lowest BCUT2D eigenvalue weighted by molar-refractivity contribution is -0.165. The summed E-state index contributed by atoms with van der Waals surface area (Å²) in [4.78, 5) is 23.9. The summed E-state index contributed by atoms with van der Waals surface area (Å²) in [7, 11) is 0. The Morgan fingerprint density at radius 1 is 1.16 bits per heavy atom. The molecule has 0 fully saturated rings. The van der Waals surface area contributed by atoms with E-state index in [1.165, 1.54) is 0 Å². The first-order valence-electron chi connectivity index (χ1n) is 5.82. The fraction of sp³-hybridized carbons (Fsp3) is 0.429. The summed E-state index contributed by atoms with van der Waals surface area (Å²) in [6, 6.07) is 8.44. The Kier molecular flexibility index (Phi) is 4.74. The van der Waals surface area contributed by atoms with E-state index in [0.717, 1.165) is 6.92 Å². The van der Waals surface area contributed by atoms with Crippen LogP contribution < -0.4 is 0 Å². The highest BCUT2D eigenvalue weighted by atomic mass is 32.2. The third kappa shape index (κ3) is 4.35. The number of rotatable bonds is 4. The summed E-state index contributed by atoms with van der Waals surface area (Å²) < 4.78 is 19.6. The van der Waals surface area contributed by atoms with Crippen LogP contribution in [0.2, 0.25) is 0 Å². The lowest BCUT2D eigenvalue weighted by atomic mass is 10.2. The lowest BCUT2D eigenvalue weighted by Crippen LogP contribution is -2.42. The average Bonchev–Trinajstić information content (AvgIpc) is 2.27. The van der Waals surface area contributed by atoms with Crippen LogP contribution in [0.1, 0.15) is 27.7 Å². The molecule has 0 bridgehead atoms. The van der Waals surface area contributed by atoms with Crippen molar-refractivity contribution in [3.8, 4) is 0 Å². The van der Waals surface area contributed by atoms with Gasteiger partial charge in [0.1, 0.15) is 5.60 Å². The molecule has 0 N–H and O–H groups in total. The van der Waals surface area contributed by atoms with Gasteiger partial charge < -0.3 is 4.74 Å². The molecule has 0 amide bonds. The number of Topliss-reactive ketones (excluding diaryl/α,β-unsaturated/α-hetero) is 1. The topological polar surface area (TPSA) is 43.4 Å². The molecule has 0 aliphatic rings. The second kappa shape index (κ2) is 5.74. The van der Waals surface area contributed by atoms with Crippen molar-refractivity contribution in [1.82, 2.24) is 0 Å². The second-order valence-corrected chi connectivity index (χ2v) is 6.31. The van der Waals surface area contributed by atoms with Crippen LogP contribution >= 0.6 is 11.8 Å². The van der Waals surface area contributed by atoms with Gasteiger partial charge in [-0.05, 0) is 39.8 Å². The second-order valence-electron chi connectivity index (χ2n) is 5.07. The van der Waals surface area contributed by atoms with Gasteiger partial charge in [0, 0.05) is 4.90 Å². The zero-order chi connectivity index (χ0) is 14.7. The highest BCUT2D eigenvalue weighted by Crippen LogP contribution is 2.37. The van der Waals surface area contributed by atoms with E-state index in [1.54, 1.807) is 51.1 Å². The first kappa shape index (κ1) is 15.7. The molecule has 0 saturated heterocycles. The molecule has 1 rings (SSSR count).